The lowest BCUT2D eigenvalue weighted by molar-refractivity contribution is -0.124. The van der Waals surface area contributed by atoms with Crippen LogP contribution in [0.3, 0.4) is 0 Å². The molecule has 2 N–H and O–H groups in total. The van der Waals surface area contributed by atoms with E-state index in [0.29, 0.717) is 23.2 Å². The van der Waals surface area contributed by atoms with Crippen molar-refractivity contribution in [2.75, 3.05) is 5.32 Å². The summed E-state index contributed by atoms with van der Waals surface area (Å²) in [4.78, 5) is 13.3. The van der Waals surface area contributed by atoms with E-state index in [0.717, 1.165) is 12.8 Å². The zero-order valence-corrected chi connectivity index (χ0v) is 13.9. The molecule has 6 heteroatoms. The molecular weight excluding hydrogens is 326 g/mol. The van der Waals surface area contributed by atoms with Crippen LogP contribution in [-0.2, 0) is 10.2 Å². The number of fused-ring (bicyclic) bond motifs is 4. The molecule has 0 saturated heterocycles. The number of allylic oxidation sites excluding steroid dienone is 2. The van der Waals surface area contributed by atoms with Crippen molar-refractivity contribution in [3.8, 4) is 18.2 Å². The highest BCUT2D eigenvalue weighted by atomic mass is 16.2. The first-order valence-corrected chi connectivity index (χ1v) is 8.50. The van der Waals surface area contributed by atoms with E-state index < -0.39 is 28.6 Å². The fourth-order valence-electron chi connectivity index (χ4n) is 5.00. The van der Waals surface area contributed by atoms with Gasteiger partial charge in [0, 0.05) is 11.6 Å². The summed E-state index contributed by atoms with van der Waals surface area (Å²) < 4.78 is 0. The molecule has 126 valence electrons. The molecule has 1 fully saturated rings. The Labute approximate surface area is 150 Å². The van der Waals surface area contributed by atoms with Gasteiger partial charge in [-0.25, -0.2) is 0 Å². The molecule has 0 radical (unpaired) electrons. The fraction of sp³-hybridized carbons (Fsp3) is 0.350. The summed E-state index contributed by atoms with van der Waals surface area (Å²) in [5.41, 5.74) is -1.95. The highest BCUT2D eigenvalue weighted by molar-refractivity contribution is 6.16. The van der Waals surface area contributed by atoms with Gasteiger partial charge in [0.05, 0.1) is 23.9 Å². The summed E-state index contributed by atoms with van der Waals surface area (Å²) in [6.07, 6.45) is 4.10. The number of nitrogens with zero attached hydrogens (tertiary/aromatic N) is 3. The van der Waals surface area contributed by atoms with Crippen LogP contribution < -0.4 is 5.32 Å². The number of benzene rings is 1. The van der Waals surface area contributed by atoms with Crippen molar-refractivity contribution in [1.29, 1.82) is 21.2 Å². The van der Waals surface area contributed by atoms with E-state index in [1.54, 1.807) is 24.3 Å². The lowest BCUT2D eigenvalue weighted by Crippen LogP contribution is -2.63. The van der Waals surface area contributed by atoms with Gasteiger partial charge in [-0.2, -0.15) is 15.8 Å². The van der Waals surface area contributed by atoms with E-state index in [1.807, 2.05) is 18.2 Å². The van der Waals surface area contributed by atoms with Gasteiger partial charge in [0.1, 0.15) is 11.3 Å². The number of carbonyl (C=O) groups is 1. The average Bonchev–Trinajstić information content (AvgIpc) is 2.97. The maximum Gasteiger partial charge on any atom is 0.238 e. The Morgan fingerprint density at radius 1 is 1.19 bits per heavy atom. The summed E-state index contributed by atoms with van der Waals surface area (Å²) in [7, 11) is 0. The summed E-state index contributed by atoms with van der Waals surface area (Å²) in [5, 5.41) is 41.2. The number of hydrogen-bond acceptors (Lipinski definition) is 5. The molecule has 1 aliphatic heterocycles. The third-order valence-electron chi connectivity index (χ3n) is 6.04. The van der Waals surface area contributed by atoms with E-state index in [9.17, 15) is 20.6 Å². The third-order valence-corrected chi connectivity index (χ3v) is 6.04. The molecule has 6 nitrogen and oxygen atoms in total. The monoisotopic (exact) mass is 341 g/mol. The Bertz CT molecular complexity index is 988. The predicted octanol–water partition coefficient (Wildman–Crippen LogP) is 2.81. The Kier molecular flexibility index (Phi) is 3.26. The van der Waals surface area contributed by atoms with E-state index >= 15 is 0 Å². The molecule has 1 aromatic carbocycles. The number of carbonyl (C=O) groups excluding carboxylic acids is 1. The van der Waals surface area contributed by atoms with Gasteiger partial charge in [0.25, 0.3) is 0 Å². The van der Waals surface area contributed by atoms with Crippen molar-refractivity contribution >= 4 is 17.3 Å². The Morgan fingerprint density at radius 3 is 2.62 bits per heavy atom. The highest BCUT2D eigenvalue weighted by Crippen LogP contribution is 2.62. The molecule has 1 heterocycles. The van der Waals surface area contributed by atoms with E-state index in [2.05, 4.69) is 11.4 Å². The second-order valence-corrected chi connectivity index (χ2v) is 6.94. The maximum atomic E-state index is 13.3. The first-order chi connectivity index (χ1) is 12.6. The Balaban J connectivity index is 2.14. The van der Waals surface area contributed by atoms with Crippen LogP contribution in [0.5, 0.6) is 0 Å². The molecule has 3 atom stereocenters. The predicted molar refractivity (Wildman–Crippen MR) is 92.7 cm³/mol. The number of rotatable bonds is 0. The molecule has 0 bridgehead atoms. The molecule has 1 spiro atoms. The summed E-state index contributed by atoms with van der Waals surface area (Å²) >= 11 is 0. The third kappa shape index (κ3) is 1.54. The number of hydrogen-bond donors (Lipinski definition) is 2. The van der Waals surface area contributed by atoms with Crippen LogP contribution in [0.4, 0.5) is 5.69 Å². The second-order valence-electron chi connectivity index (χ2n) is 6.94. The van der Waals surface area contributed by atoms with Gasteiger partial charge in [-0.05, 0) is 36.5 Å². The Morgan fingerprint density at radius 2 is 1.92 bits per heavy atom. The van der Waals surface area contributed by atoms with Gasteiger partial charge in [0.2, 0.25) is 11.3 Å². The minimum atomic E-state index is -2.01. The van der Waals surface area contributed by atoms with Crippen LogP contribution in [0.15, 0.2) is 35.9 Å². The van der Waals surface area contributed by atoms with E-state index in [-0.39, 0.29) is 5.71 Å². The topological polar surface area (TPSA) is 124 Å². The largest absolute Gasteiger partial charge is 0.325 e. The number of nitriles is 3. The fourth-order valence-corrected chi connectivity index (χ4v) is 5.00. The van der Waals surface area contributed by atoms with Crippen molar-refractivity contribution < 1.29 is 4.79 Å². The number of nitrogens with one attached hydrogen (secondary N) is 2. The van der Waals surface area contributed by atoms with Crippen LogP contribution in [-0.4, -0.2) is 11.6 Å². The number of anilines is 1. The minimum absolute atomic E-state index is 0.291. The zero-order valence-electron chi connectivity index (χ0n) is 13.9. The van der Waals surface area contributed by atoms with Gasteiger partial charge < -0.3 is 10.7 Å². The van der Waals surface area contributed by atoms with Crippen molar-refractivity contribution in [1.82, 2.24) is 0 Å². The molecule has 26 heavy (non-hydrogen) atoms. The molecule has 3 aliphatic rings. The summed E-state index contributed by atoms with van der Waals surface area (Å²) in [6.45, 7) is 0. The molecule has 0 aromatic heterocycles. The molecule has 2 aliphatic carbocycles. The summed E-state index contributed by atoms with van der Waals surface area (Å²) in [6, 6.07) is 13.1. The average molecular weight is 341 g/mol. The first kappa shape index (κ1) is 16.1. The van der Waals surface area contributed by atoms with Crippen molar-refractivity contribution in [2.24, 2.45) is 17.3 Å². The molecule has 1 aromatic rings. The van der Waals surface area contributed by atoms with Crippen LogP contribution >= 0.6 is 0 Å². The molecule has 4 rings (SSSR count). The van der Waals surface area contributed by atoms with Crippen LogP contribution in [0, 0.1) is 56.7 Å². The number of para-hydroxylation sites is 1. The lowest BCUT2D eigenvalue weighted by Gasteiger charge is -2.51. The van der Waals surface area contributed by atoms with Crippen LogP contribution in [0.2, 0.25) is 0 Å². The van der Waals surface area contributed by atoms with Gasteiger partial charge in [0.15, 0.2) is 0 Å². The molecule has 1 amide bonds. The second kappa shape index (κ2) is 5.28. The minimum Gasteiger partial charge on any atom is -0.325 e. The SMILES string of the molecule is N#C[C@H]1C(=N)C(C#N)(C#N)[C@@]2(C(=O)Nc3ccccc32)[C@@H]2CCCC=C12. The van der Waals surface area contributed by atoms with Gasteiger partial charge in [-0.1, -0.05) is 24.3 Å². The van der Waals surface area contributed by atoms with E-state index in [4.69, 9.17) is 5.41 Å². The van der Waals surface area contributed by atoms with Crippen LogP contribution in [0.25, 0.3) is 0 Å². The smallest absolute Gasteiger partial charge is 0.238 e. The van der Waals surface area contributed by atoms with Gasteiger partial charge in [-0.3, -0.25) is 4.79 Å². The Hall–Kier alpha value is -3.43. The number of amides is 1. The highest BCUT2D eigenvalue weighted by Gasteiger charge is 2.72. The quantitative estimate of drug-likeness (QED) is 0.704. The first-order valence-electron chi connectivity index (χ1n) is 8.50. The zero-order chi connectivity index (χ0) is 18.5. The molecular formula is C20H15N5O. The van der Waals surface area contributed by atoms with Crippen molar-refractivity contribution in [3.05, 3.63) is 41.5 Å². The molecule has 0 unspecified atom stereocenters. The normalized spacial score (nSPS) is 30.9. The van der Waals surface area contributed by atoms with Crippen molar-refractivity contribution in [3.63, 3.8) is 0 Å². The standard InChI is InChI=1S/C20H15N5O/c21-9-13-12-5-1-2-6-14(12)20(19(10-22,11-23)17(13)24)15-7-3-4-8-16(15)25-18(20)26/h3-5,7-8,13-14,24H,1-2,6H2,(H,25,26)/t13-,14-,20+/m1/s1. The maximum absolute atomic E-state index is 13.3. The summed E-state index contributed by atoms with van der Waals surface area (Å²) in [5.74, 6) is -1.82. The van der Waals surface area contributed by atoms with E-state index in [1.165, 1.54) is 0 Å². The van der Waals surface area contributed by atoms with Crippen molar-refractivity contribution in [2.45, 2.75) is 24.7 Å². The molecule has 1 saturated carbocycles. The lowest BCUT2D eigenvalue weighted by atomic mass is 9.45. The van der Waals surface area contributed by atoms with Gasteiger partial charge in [-0.15, -0.1) is 0 Å². The van der Waals surface area contributed by atoms with Crippen LogP contribution in [0.1, 0.15) is 24.8 Å². The van der Waals surface area contributed by atoms with Gasteiger partial charge >= 0.3 is 0 Å².